The van der Waals surface area contributed by atoms with Crippen molar-refractivity contribution in [3.63, 3.8) is 0 Å². The highest BCUT2D eigenvalue weighted by Crippen LogP contribution is 2.63. The Kier molecular flexibility index (Phi) is 1.18. The Morgan fingerprint density at radius 2 is 2.00 bits per heavy atom. The summed E-state index contributed by atoms with van der Waals surface area (Å²) in [5.74, 6) is 0. The van der Waals surface area contributed by atoms with Crippen LogP contribution in [0.3, 0.4) is 0 Å². The van der Waals surface area contributed by atoms with Crippen LogP contribution in [-0.2, 0) is 12.5 Å². The molecule has 1 aromatic heterocycles. The van der Waals surface area contributed by atoms with Gasteiger partial charge in [0, 0.05) is 29.9 Å². The van der Waals surface area contributed by atoms with E-state index in [1.54, 1.807) is 0 Å². The van der Waals surface area contributed by atoms with Crippen molar-refractivity contribution in [3.8, 4) is 0 Å². The van der Waals surface area contributed by atoms with Gasteiger partial charge in [0.1, 0.15) is 0 Å². The summed E-state index contributed by atoms with van der Waals surface area (Å²) in [6, 6.07) is 4.36. The molecule has 0 saturated heterocycles. The number of rotatable bonds is 2. The van der Waals surface area contributed by atoms with E-state index in [1.165, 1.54) is 31.4 Å². The van der Waals surface area contributed by atoms with Crippen LogP contribution in [0.15, 0.2) is 18.3 Å². The first-order valence-electron chi connectivity index (χ1n) is 5.09. The number of nitrogens with zero attached hydrogens (tertiary/aromatic N) is 1. The van der Waals surface area contributed by atoms with Gasteiger partial charge in [-0.1, -0.05) is 0 Å². The molecule has 0 radical (unpaired) electrons. The highest BCUT2D eigenvalue weighted by atomic mass is 15.0. The van der Waals surface area contributed by atoms with E-state index >= 15 is 0 Å². The molecule has 0 atom stereocenters. The van der Waals surface area contributed by atoms with Crippen LogP contribution < -0.4 is 5.73 Å². The zero-order chi connectivity index (χ0) is 9.10. The topological polar surface area (TPSA) is 30.9 Å². The quantitative estimate of drug-likeness (QED) is 0.728. The molecule has 3 rings (SSSR count). The molecular weight excluding hydrogens is 160 g/mol. The van der Waals surface area contributed by atoms with Crippen LogP contribution in [0.5, 0.6) is 0 Å². The minimum Gasteiger partial charge on any atom is -0.354 e. The summed E-state index contributed by atoms with van der Waals surface area (Å²) in [6.07, 6.45) is 7.15. The highest BCUT2D eigenvalue weighted by molar-refractivity contribution is 5.37. The SMILES string of the molecule is Cn1cccc1C1(C2(N)CC2)CC1. The monoisotopic (exact) mass is 176 g/mol. The van der Waals surface area contributed by atoms with Crippen LogP contribution in [0.4, 0.5) is 0 Å². The Morgan fingerprint density at radius 1 is 1.31 bits per heavy atom. The van der Waals surface area contributed by atoms with Crippen molar-refractivity contribution >= 4 is 0 Å². The number of aryl methyl sites for hydroxylation is 1. The molecular formula is C11H16N2. The van der Waals surface area contributed by atoms with E-state index < -0.39 is 0 Å². The van der Waals surface area contributed by atoms with Crippen molar-refractivity contribution < 1.29 is 0 Å². The van der Waals surface area contributed by atoms with E-state index in [9.17, 15) is 0 Å². The van der Waals surface area contributed by atoms with Gasteiger partial charge >= 0.3 is 0 Å². The zero-order valence-electron chi connectivity index (χ0n) is 8.09. The molecule has 1 aromatic rings. The molecule has 70 valence electrons. The van der Waals surface area contributed by atoms with Crippen LogP contribution in [0.1, 0.15) is 31.4 Å². The summed E-state index contributed by atoms with van der Waals surface area (Å²) in [4.78, 5) is 0. The van der Waals surface area contributed by atoms with E-state index in [1.807, 2.05) is 0 Å². The average Bonchev–Trinajstić information content (AvgIpc) is 2.98. The van der Waals surface area contributed by atoms with Gasteiger partial charge < -0.3 is 10.3 Å². The normalized spacial score (nSPS) is 27.2. The van der Waals surface area contributed by atoms with E-state index in [0.717, 1.165) is 0 Å². The van der Waals surface area contributed by atoms with Gasteiger partial charge in [-0.15, -0.1) is 0 Å². The van der Waals surface area contributed by atoms with Crippen LogP contribution in [0.2, 0.25) is 0 Å². The van der Waals surface area contributed by atoms with Crippen molar-refractivity contribution in [1.29, 1.82) is 0 Å². The fraction of sp³-hybridized carbons (Fsp3) is 0.636. The fourth-order valence-electron chi connectivity index (χ4n) is 2.71. The second-order valence-electron chi connectivity index (χ2n) is 4.74. The van der Waals surface area contributed by atoms with Gasteiger partial charge in [0.25, 0.3) is 0 Å². The smallest absolute Gasteiger partial charge is 0.0286 e. The summed E-state index contributed by atoms with van der Waals surface area (Å²) in [5, 5.41) is 0. The van der Waals surface area contributed by atoms with Gasteiger partial charge in [0.05, 0.1) is 0 Å². The molecule has 0 aliphatic heterocycles. The maximum atomic E-state index is 6.33. The van der Waals surface area contributed by atoms with Gasteiger partial charge in [-0.25, -0.2) is 0 Å². The third-order valence-corrected chi connectivity index (χ3v) is 3.93. The molecule has 0 bridgehead atoms. The van der Waals surface area contributed by atoms with Crippen LogP contribution in [0, 0.1) is 0 Å². The lowest BCUT2D eigenvalue weighted by molar-refractivity contribution is 0.477. The second kappa shape index (κ2) is 2.01. The minimum atomic E-state index is 0.152. The largest absolute Gasteiger partial charge is 0.354 e. The second-order valence-corrected chi connectivity index (χ2v) is 4.74. The van der Waals surface area contributed by atoms with Gasteiger partial charge in [-0.05, 0) is 37.8 Å². The third-order valence-electron chi connectivity index (χ3n) is 3.93. The number of hydrogen-bond donors (Lipinski definition) is 1. The molecule has 0 aromatic carbocycles. The predicted octanol–water partition coefficient (Wildman–Crippen LogP) is 1.55. The molecule has 0 unspecified atom stereocenters. The Labute approximate surface area is 78.7 Å². The summed E-state index contributed by atoms with van der Waals surface area (Å²) in [6.45, 7) is 0. The third kappa shape index (κ3) is 0.819. The summed E-state index contributed by atoms with van der Waals surface area (Å²) in [5.41, 5.74) is 8.29. The lowest BCUT2D eigenvalue weighted by Crippen LogP contribution is -2.38. The van der Waals surface area contributed by atoms with Crippen LogP contribution >= 0.6 is 0 Å². The van der Waals surface area contributed by atoms with Crippen molar-refractivity contribution in [2.75, 3.05) is 0 Å². The molecule has 2 aliphatic carbocycles. The molecule has 0 amide bonds. The number of hydrogen-bond acceptors (Lipinski definition) is 1. The molecule has 2 heteroatoms. The summed E-state index contributed by atoms with van der Waals surface area (Å²) < 4.78 is 2.24. The van der Waals surface area contributed by atoms with Crippen LogP contribution in [-0.4, -0.2) is 10.1 Å². The maximum Gasteiger partial charge on any atom is 0.0286 e. The molecule has 13 heavy (non-hydrogen) atoms. The molecule has 2 fully saturated rings. The molecule has 2 N–H and O–H groups in total. The van der Waals surface area contributed by atoms with E-state index in [2.05, 4.69) is 29.9 Å². The fourth-order valence-corrected chi connectivity index (χ4v) is 2.71. The van der Waals surface area contributed by atoms with Gasteiger partial charge in [0.2, 0.25) is 0 Å². The van der Waals surface area contributed by atoms with Crippen molar-refractivity contribution in [1.82, 2.24) is 4.57 Å². The summed E-state index contributed by atoms with van der Waals surface area (Å²) in [7, 11) is 2.13. The Hall–Kier alpha value is -0.760. The molecule has 2 nitrogen and oxygen atoms in total. The van der Waals surface area contributed by atoms with Crippen molar-refractivity contribution in [2.45, 2.75) is 36.6 Å². The van der Waals surface area contributed by atoms with Crippen molar-refractivity contribution in [3.05, 3.63) is 24.0 Å². The number of aromatic nitrogens is 1. The average molecular weight is 176 g/mol. The molecule has 2 aliphatic rings. The first-order chi connectivity index (χ1) is 6.18. The zero-order valence-corrected chi connectivity index (χ0v) is 8.09. The molecule has 1 heterocycles. The van der Waals surface area contributed by atoms with Gasteiger partial charge in [0.15, 0.2) is 0 Å². The first-order valence-corrected chi connectivity index (χ1v) is 5.09. The van der Waals surface area contributed by atoms with Crippen molar-refractivity contribution in [2.24, 2.45) is 12.8 Å². The standard InChI is InChI=1S/C11H16N2/c1-13-8-2-3-9(13)10(4-5-10)11(12)6-7-11/h2-3,8H,4-7,12H2,1H3. The van der Waals surface area contributed by atoms with E-state index in [-0.39, 0.29) is 5.54 Å². The van der Waals surface area contributed by atoms with Crippen LogP contribution in [0.25, 0.3) is 0 Å². The lowest BCUT2D eigenvalue weighted by Gasteiger charge is -2.23. The van der Waals surface area contributed by atoms with E-state index in [0.29, 0.717) is 5.41 Å². The van der Waals surface area contributed by atoms with E-state index in [4.69, 9.17) is 5.73 Å². The molecule has 2 saturated carbocycles. The molecule has 0 spiro atoms. The highest BCUT2D eigenvalue weighted by Gasteiger charge is 2.64. The minimum absolute atomic E-state index is 0.152. The Balaban J connectivity index is 2.05. The summed E-state index contributed by atoms with van der Waals surface area (Å²) >= 11 is 0. The van der Waals surface area contributed by atoms with Gasteiger partial charge in [-0.2, -0.15) is 0 Å². The first kappa shape index (κ1) is 7.63. The number of nitrogens with two attached hydrogens (primary N) is 1. The lowest BCUT2D eigenvalue weighted by atomic mass is 9.90. The Morgan fingerprint density at radius 3 is 2.38 bits per heavy atom. The Bertz CT molecular complexity index is 343. The van der Waals surface area contributed by atoms with Gasteiger partial charge in [-0.3, -0.25) is 0 Å². The maximum absolute atomic E-state index is 6.33. The predicted molar refractivity (Wildman–Crippen MR) is 52.5 cm³/mol.